The van der Waals surface area contributed by atoms with Gasteiger partial charge in [0.15, 0.2) is 5.75 Å². The molecule has 1 aliphatic rings. The van der Waals surface area contributed by atoms with Crippen LogP contribution in [0.2, 0.25) is 0 Å². The van der Waals surface area contributed by atoms with Gasteiger partial charge in [0.2, 0.25) is 0 Å². The third-order valence-corrected chi connectivity index (χ3v) is 3.35. The Morgan fingerprint density at radius 3 is 2.71 bits per heavy atom. The van der Waals surface area contributed by atoms with Crippen molar-refractivity contribution < 1.29 is 24.5 Å². The van der Waals surface area contributed by atoms with E-state index in [9.17, 15) is 14.7 Å². The Kier molecular flexibility index (Phi) is 4.64. The topological polar surface area (TPSA) is 108 Å². The highest BCUT2D eigenvalue weighted by Crippen LogP contribution is 2.28. The van der Waals surface area contributed by atoms with E-state index in [2.05, 4.69) is 10.6 Å². The van der Waals surface area contributed by atoms with Crippen molar-refractivity contribution in [3.8, 4) is 5.75 Å². The summed E-state index contributed by atoms with van der Waals surface area (Å²) in [4.78, 5) is 22.7. The van der Waals surface area contributed by atoms with Crippen LogP contribution in [0.4, 0.5) is 10.5 Å². The van der Waals surface area contributed by atoms with Crippen LogP contribution in [-0.4, -0.2) is 41.0 Å². The number of aromatic hydroxyl groups is 1. The first-order valence-corrected chi connectivity index (χ1v) is 6.75. The Balaban J connectivity index is 1.89. The van der Waals surface area contributed by atoms with Crippen LogP contribution in [0.15, 0.2) is 18.2 Å². The molecule has 1 saturated carbocycles. The van der Waals surface area contributed by atoms with E-state index >= 15 is 0 Å². The largest absolute Gasteiger partial charge is 0.505 e. The molecule has 0 saturated heterocycles. The van der Waals surface area contributed by atoms with Crippen LogP contribution in [0, 0.1) is 0 Å². The van der Waals surface area contributed by atoms with Gasteiger partial charge < -0.3 is 25.6 Å². The molecule has 7 heteroatoms. The normalized spacial score (nSPS) is 20.4. The Hall–Kier alpha value is -2.28. The molecule has 2 rings (SSSR count). The number of carboxylic acids is 1. The number of benzene rings is 1. The van der Waals surface area contributed by atoms with Crippen LogP contribution in [0.3, 0.4) is 0 Å². The third kappa shape index (κ3) is 3.63. The number of carboxylic acid groups (broad SMARTS) is 1. The van der Waals surface area contributed by atoms with Gasteiger partial charge in [-0.2, -0.15) is 0 Å². The van der Waals surface area contributed by atoms with Crippen molar-refractivity contribution in [2.75, 3.05) is 11.9 Å². The van der Waals surface area contributed by atoms with E-state index in [-0.39, 0.29) is 23.4 Å². The summed E-state index contributed by atoms with van der Waals surface area (Å²) >= 11 is 0. The number of para-hydroxylation sites is 1. The molecule has 0 aromatic heterocycles. The number of phenols is 1. The highest BCUT2D eigenvalue weighted by Gasteiger charge is 2.30. The van der Waals surface area contributed by atoms with Gasteiger partial charge in [0, 0.05) is 12.6 Å². The van der Waals surface area contributed by atoms with Crippen LogP contribution in [0.5, 0.6) is 5.75 Å². The number of hydrogen-bond acceptors (Lipinski definition) is 4. The minimum Gasteiger partial charge on any atom is -0.505 e. The lowest BCUT2D eigenvalue weighted by Crippen LogP contribution is -2.49. The van der Waals surface area contributed by atoms with E-state index < -0.39 is 17.7 Å². The van der Waals surface area contributed by atoms with Crippen LogP contribution in [-0.2, 0) is 4.74 Å². The Morgan fingerprint density at radius 2 is 2.10 bits per heavy atom. The summed E-state index contributed by atoms with van der Waals surface area (Å²) in [5.74, 6) is -1.71. The van der Waals surface area contributed by atoms with Crippen molar-refractivity contribution >= 4 is 17.7 Å². The van der Waals surface area contributed by atoms with Crippen LogP contribution >= 0.6 is 0 Å². The lowest BCUT2D eigenvalue weighted by atomic mass is 9.89. The van der Waals surface area contributed by atoms with E-state index in [4.69, 9.17) is 9.84 Å². The third-order valence-electron chi connectivity index (χ3n) is 3.35. The van der Waals surface area contributed by atoms with Gasteiger partial charge in [-0.15, -0.1) is 0 Å². The number of rotatable bonds is 5. The van der Waals surface area contributed by atoms with Gasteiger partial charge in [-0.25, -0.2) is 9.59 Å². The number of carbonyl (C=O) groups excluding carboxylic acids is 1. The number of ether oxygens (including phenoxy) is 1. The van der Waals surface area contributed by atoms with Gasteiger partial charge in [0.25, 0.3) is 0 Å². The molecule has 0 bridgehead atoms. The zero-order valence-corrected chi connectivity index (χ0v) is 11.6. The smallest absolute Gasteiger partial charge is 0.339 e. The van der Waals surface area contributed by atoms with Crippen molar-refractivity contribution in [3.05, 3.63) is 23.8 Å². The average Bonchev–Trinajstić information content (AvgIpc) is 2.38. The number of nitrogens with one attached hydrogen (secondary N) is 2. The minimum absolute atomic E-state index is 0.0337. The maximum atomic E-state index is 11.8. The van der Waals surface area contributed by atoms with Gasteiger partial charge in [-0.3, -0.25) is 0 Å². The monoisotopic (exact) mass is 294 g/mol. The molecule has 2 amide bonds. The lowest BCUT2D eigenvalue weighted by molar-refractivity contribution is -0.00674. The molecule has 0 atom stereocenters. The predicted molar refractivity (Wildman–Crippen MR) is 75.7 cm³/mol. The zero-order valence-electron chi connectivity index (χ0n) is 11.6. The number of anilines is 1. The standard InChI is InChI=1S/C14H18N2O5/c1-2-21-9-6-8(7-9)15-14(20)16-11-5-3-4-10(12(11)17)13(18)19/h3-5,8-9,17H,2,6-7H2,1H3,(H,18,19)(H2,15,16,20). The van der Waals surface area contributed by atoms with Crippen molar-refractivity contribution in [3.63, 3.8) is 0 Å². The molecular formula is C14H18N2O5. The molecule has 0 heterocycles. The fraction of sp³-hybridized carbons (Fsp3) is 0.429. The summed E-state index contributed by atoms with van der Waals surface area (Å²) < 4.78 is 5.39. The highest BCUT2D eigenvalue weighted by molar-refractivity contribution is 5.97. The summed E-state index contributed by atoms with van der Waals surface area (Å²) in [6.07, 6.45) is 1.69. The van der Waals surface area contributed by atoms with Crippen molar-refractivity contribution in [2.24, 2.45) is 0 Å². The van der Waals surface area contributed by atoms with Crippen LogP contribution in [0.25, 0.3) is 0 Å². The van der Waals surface area contributed by atoms with E-state index in [1.54, 1.807) is 0 Å². The predicted octanol–water partition coefficient (Wildman–Crippen LogP) is 1.78. The Morgan fingerprint density at radius 1 is 1.38 bits per heavy atom. The molecule has 1 aromatic carbocycles. The van der Waals surface area contributed by atoms with E-state index in [0.717, 1.165) is 12.8 Å². The maximum Gasteiger partial charge on any atom is 0.339 e. The molecule has 0 unspecified atom stereocenters. The number of hydrogen-bond donors (Lipinski definition) is 4. The zero-order chi connectivity index (χ0) is 15.4. The van der Waals surface area contributed by atoms with Crippen molar-refractivity contribution in [1.29, 1.82) is 0 Å². The van der Waals surface area contributed by atoms with Gasteiger partial charge in [-0.1, -0.05) is 6.07 Å². The first-order chi connectivity index (χ1) is 10.0. The summed E-state index contributed by atoms with van der Waals surface area (Å²) in [6, 6.07) is 3.71. The molecule has 0 spiro atoms. The highest BCUT2D eigenvalue weighted by atomic mass is 16.5. The number of amides is 2. The second-order valence-corrected chi connectivity index (χ2v) is 4.85. The summed E-state index contributed by atoms with van der Waals surface area (Å²) in [6.45, 7) is 2.57. The van der Waals surface area contributed by atoms with E-state index in [0.29, 0.717) is 6.61 Å². The number of aromatic carboxylic acids is 1. The fourth-order valence-corrected chi connectivity index (χ4v) is 2.22. The average molecular weight is 294 g/mol. The Labute approximate surface area is 121 Å². The maximum absolute atomic E-state index is 11.8. The summed E-state index contributed by atoms with van der Waals surface area (Å²) in [5, 5.41) is 23.9. The van der Waals surface area contributed by atoms with Gasteiger partial charge in [-0.05, 0) is 31.9 Å². The number of urea groups is 1. The first kappa shape index (κ1) is 15.1. The van der Waals surface area contributed by atoms with Crippen LogP contribution < -0.4 is 10.6 Å². The summed E-state index contributed by atoms with van der Waals surface area (Å²) in [5.41, 5.74) is -0.194. The molecule has 0 radical (unpaired) electrons. The molecule has 114 valence electrons. The summed E-state index contributed by atoms with van der Waals surface area (Å²) in [7, 11) is 0. The Bertz CT molecular complexity index is 540. The molecule has 0 aliphatic heterocycles. The SMILES string of the molecule is CCOC1CC(NC(=O)Nc2cccc(C(=O)O)c2O)C1. The van der Waals surface area contributed by atoms with Crippen LogP contribution in [0.1, 0.15) is 30.1 Å². The van der Waals surface area contributed by atoms with Gasteiger partial charge in [0.1, 0.15) is 5.56 Å². The van der Waals surface area contributed by atoms with Crippen molar-refractivity contribution in [2.45, 2.75) is 31.9 Å². The van der Waals surface area contributed by atoms with Crippen molar-refractivity contribution in [1.82, 2.24) is 5.32 Å². The molecule has 1 aromatic rings. The number of carbonyl (C=O) groups is 2. The van der Waals surface area contributed by atoms with Gasteiger partial charge in [0.05, 0.1) is 11.8 Å². The quantitative estimate of drug-likeness (QED) is 0.619. The van der Waals surface area contributed by atoms with E-state index in [1.165, 1.54) is 18.2 Å². The molecule has 1 fully saturated rings. The minimum atomic E-state index is -1.25. The van der Waals surface area contributed by atoms with Gasteiger partial charge >= 0.3 is 12.0 Å². The molecule has 21 heavy (non-hydrogen) atoms. The molecular weight excluding hydrogens is 276 g/mol. The lowest BCUT2D eigenvalue weighted by Gasteiger charge is -2.35. The van der Waals surface area contributed by atoms with E-state index in [1.807, 2.05) is 6.92 Å². The second kappa shape index (κ2) is 6.45. The molecule has 1 aliphatic carbocycles. The molecule has 4 N–H and O–H groups in total. The first-order valence-electron chi connectivity index (χ1n) is 6.75. The fourth-order valence-electron chi connectivity index (χ4n) is 2.22. The second-order valence-electron chi connectivity index (χ2n) is 4.85. The molecule has 7 nitrogen and oxygen atoms in total.